The van der Waals surface area contributed by atoms with E-state index in [1.54, 1.807) is 11.3 Å². The Kier molecular flexibility index (Phi) is 7.25. The number of oxazole rings is 1. The minimum absolute atomic E-state index is 0.591. The number of rotatable bonds is 6. The van der Waals surface area contributed by atoms with Crippen LogP contribution in [-0.4, -0.2) is 19.9 Å². The Balaban J connectivity index is 1.23. The molecule has 3 aromatic heterocycles. The van der Waals surface area contributed by atoms with Gasteiger partial charge in [0.25, 0.3) is 0 Å². The topological polar surface area (TPSA) is 64.7 Å². The molecule has 0 aliphatic rings. The lowest BCUT2D eigenvalue weighted by Gasteiger charge is -2.13. The standard InChI is InChI=1S/C46H28N4OS/c1-4-14-29(15-5-1)32-26-33(30-16-6-2-7-17-30)28-34(27-32)44-48-43(31-18-8-3-9-19-31)49-45(50-44)35-20-12-24-39-41(35)42-36(21-13-25-40(42)52-39)46-47-37-22-10-11-23-38(37)51-46/h1-28H. The number of hydrogen-bond donors (Lipinski definition) is 0. The Morgan fingerprint density at radius 3 is 1.50 bits per heavy atom. The highest BCUT2D eigenvalue weighted by Crippen LogP contribution is 2.44. The first-order valence-electron chi connectivity index (χ1n) is 17.1. The molecule has 0 saturated carbocycles. The second kappa shape index (κ2) is 12.5. The van der Waals surface area contributed by atoms with Crippen molar-refractivity contribution in [2.24, 2.45) is 0 Å². The van der Waals surface area contributed by atoms with E-state index < -0.39 is 0 Å². The summed E-state index contributed by atoms with van der Waals surface area (Å²) < 4.78 is 8.60. The summed E-state index contributed by atoms with van der Waals surface area (Å²) in [5.41, 5.74) is 9.72. The van der Waals surface area contributed by atoms with Crippen molar-refractivity contribution >= 4 is 42.6 Å². The molecular formula is C46H28N4OS. The van der Waals surface area contributed by atoms with Gasteiger partial charge in [0.2, 0.25) is 5.89 Å². The Morgan fingerprint density at radius 1 is 0.365 bits per heavy atom. The summed E-state index contributed by atoms with van der Waals surface area (Å²) in [5, 5.41) is 2.14. The summed E-state index contributed by atoms with van der Waals surface area (Å²) in [7, 11) is 0. The molecule has 0 aliphatic carbocycles. The molecule has 0 amide bonds. The fraction of sp³-hybridized carbons (Fsp3) is 0. The maximum Gasteiger partial charge on any atom is 0.227 e. The second-order valence-corrected chi connectivity index (χ2v) is 13.7. The minimum atomic E-state index is 0.591. The minimum Gasteiger partial charge on any atom is -0.436 e. The van der Waals surface area contributed by atoms with Crippen LogP contribution in [-0.2, 0) is 0 Å². The summed E-state index contributed by atoms with van der Waals surface area (Å²) in [5.74, 6) is 2.42. The molecule has 0 bridgehead atoms. The highest BCUT2D eigenvalue weighted by atomic mass is 32.1. The van der Waals surface area contributed by atoms with E-state index in [0.29, 0.717) is 23.4 Å². The molecule has 6 heteroatoms. The zero-order valence-corrected chi connectivity index (χ0v) is 28.6. The van der Waals surface area contributed by atoms with E-state index in [9.17, 15) is 0 Å². The number of nitrogens with zero attached hydrogens (tertiary/aromatic N) is 4. The van der Waals surface area contributed by atoms with Gasteiger partial charge in [-0.1, -0.05) is 121 Å². The van der Waals surface area contributed by atoms with Gasteiger partial charge in [0.05, 0.1) is 0 Å². The monoisotopic (exact) mass is 684 g/mol. The molecule has 52 heavy (non-hydrogen) atoms. The van der Waals surface area contributed by atoms with E-state index in [1.807, 2.05) is 66.7 Å². The Labute approximate surface area is 303 Å². The van der Waals surface area contributed by atoms with Crippen molar-refractivity contribution in [3.05, 3.63) is 170 Å². The number of benzene rings is 7. The van der Waals surface area contributed by atoms with Gasteiger partial charge in [0.1, 0.15) is 5.52 Å². The van der Waals surface area contributed by atoms with Crippen LogP contribution in [0, 0.1) is 0 Å². The molecule has 0 unspecified atom stereocenters. The van der Waals surface area contributed by atoms with Crippen molar-refractivity contribution in [2.75, 3.05) is 0 Å². The predicted octanol–water partition coefficient (Wildman–Crippen LogP) is 12.4. The van der Waals surface area contributed by atoms with Crippen LogP contribution in [0.15, 0.2) is 174 Å². The average Bonchev–Trinajstić information content (AvgIpc) is 3.84. The summed E-state index contributed by atoms with van der Waals surface area (Å²) in [6.07, 6.45) is 0. The fourth-order valence-electron chi connectivity index (χ4n) is 6.91. The molecule has 244 valence electrons. The summed E-state index contributed by atoms with van der Waals surface area (Å²) in [4.78, 5) is 20.5. The van der Waals surface area contributed by atoms with Crippen LogP contribution in [0.3, 0.4) is 0 Å². The summed E-state index contributed by atoms with van der Waals surface area (Å²) >= 11 is 1.75. The molecule has 0 fully saturated rings. The molecule has 0 saturated heterocycles. The normalized spacial score (nSPS) is 11.5. The van der Waals surface area contributed by atoms with Crippen LogP contribution in [0.4, 0.5) is 0 Å². The van der Waals surface area contributed by atoms with Gasteiger partial charge >= 0.3 is 0 Å². The maximum atomic E-state index is 6.33. The molecule has 10 rings (SSSR count). The van der Waals surface area contributed by atoms with Crippen molar-refractivity contribution in [3.63, 3.8) is 0 Å². The molecule has 0 aliphatic heterocycles. The zero-order chi connectivity index (χ0) is 34.4. The van der Waals surface area contributed by atoms with Gasteiger partial charge in [-0.15, -0.1) is 11.3 Å². The van der Waals surface area contributed by atoms with Crippen LogP contribution in [0.25, 0.3) is 99.1 Å². The molecule has 0 atom stereocenters. The summed E-state index contributed by atoms with van der Waals surface area (Å²) in [6, 6.07) is 58.2. The molecular weight excluding hydrogens is 657 g/mol. The third-order valence-electron chi connectivity index (χ3n) is 9.36. The summed E-state index contributed by atoms with van der Waals surface area (Å²) in [6.45, 7) is 0. The first kappa shape index (κ1) is 30.1. The molecule has 0 N–H and O–H groups in total. The van der Waals surface area contributed by atoms with E-state index in [2.05, 4.69) is 103 Å². The maximum absolute atomic E-state index is 6.33. The number of aromatic nitrogens is 4. The van der Waals surface area contributed by atoms with Crippen LogP contribution >= 0.6 is 11.3 Å². The molecule has 7 aromatic carbocycles. The van der Waals surface area contributed by atoms with Crippen molar-refractivity contribution in [3.8, 4) is 67.9 Å². The third-order valence-corrected chi connectivity index (χ3v) is 10.5. The number of hydrogen-bond acceptors (Lipinski definition) is 6. The van der Waals surface area contributed by atoms with Gasteiger partial charge in [-0.25, -0.2) is 19.9 Å². The Morgan fingerprint density at radius 2 is 0.865 bits per heavy atom. The van der Waals surface area contributed by atoms with Gasteiger partial charge in [0, 0.05) is 42.4 Å². The first-order chi connectivity index (χ1) is 25.7. The quantitative estimate of drug-likeness (QED) is 0.174. The van der Waals surface area contributed by atoms with Gasteiger partial charge in [-0.2, -0.15) is 0 Å². The van der Waals surface area contributed by atoms with E-state index >= 15 is 0 Å². The predicted molar refractivity (Wildman–Crippen MR) is 213 cm³/mol. The average molecular weight is 685 g/mol. The lowest BCUT2D eigenvalue weighted by molar-refractivity contribution is 0.620. The smallest absolute Gasteiger partial charge is 0.227 e. The Hall–Kier alpha value is -6.76. The third kappa shape index (κ3) is 5.34. The fourth-order valence-corrected chi connectivity index (χ4v) is 8.07. The molecule has 5 nitrogen and oxygen atoms in total. The SMILES string of the molecule is c1ccc(-c2cc(-c3ccccc3)cc(-c3nc(-c4ccccc4)nc(-c4cccc5sc6cccc(-c7nc8ccccc8o7)c6c45)n3)c2)cc1. The van der Waals surface area contributed by atoms with Crippen molar-refractivity contribution in [2.45, 2.75) is 0 Å². The van der Waals surface area contributed by atoms with Gasteiger partial charge in [0.15, 0.2) is 23.1 Å². The first-order valence-corrected chi connectivity index (χ1v) is 18.0. The zero-order valence-electron chi connectivity index (χ0n) is 27.8. The van der Waals surface area contributed by atoms with E-state index in [4.69, 9.17) is 24.4 Å². The number of fused-ring (bicyclic) bond motifs is 4. The van der Waals surface area contributed by atoms with E-state index in [1.165, 1.54) is 0 Å². The van der Waals surface area contributed by atoms with Crippen molar-refractivity contribution < 1.29 is 4.42 Å². The van der Waals surface area contributed by atoms with Crippen LogP contribution in [0.5, 0.6) is 0 Å². The lowest BCUT2D eigenvalue weighted by atomic mass is 9.95. The number of thiophene rings is 1. The number of para-hydroxylation sites is 2. The van der Waals surface area contributed by atoms with Gasteiger partial charge < -0.3 is 4.42 Å². The molecule has 3 heterocycles. The van der Waals surface area contributed by atoms with Gasteiger partial charge in [-0.3, -0.25) is 0 Å². The Bertz CT molecular complexity index is 2810. The van der Waals surface area contributed by atoms with E-state index in [0.717, 1.165) is 75.8 Å². The van der Waals surface area contributed by atoms with Gasteiger partial charge in [-0.05, 0) is 70.8 Å². The van der Waals surface area contributed by atoms with Crippen LogP contribution in [0.1, 0.15) is 0 Å². The van der Waals surface area contributed by atoms with Crippen molar-refractivity contribution in [1.29, 1.82) is 0 Å². The second-order valence-electron chi connectivity index (χ2n) is 12.6. The largest absolute Gasteiger partial charge is 0.436 e. The molecule has 0 radical (unpaired) electrons. The highest BCUT2D eigenvalue weighted by molar-refractivity contribution is 7.26. The molecule has 10 aromatic rings. The lowest BCUT2D eigenvalue weighted by Crippen LogP contribution is -2.01. The van der Waals surface area contributed by atoms with E-state index in [-0.39, 0.29) is 0 Å². The van der Waals surface area contributed by atoms with Crippen LogP contribution < -0.4 is 0 Å². The highest BCUT2D eigenvalue weighted by Gasteiger charge is 2.21. The van der Waals surface area contributed by atoms with Crippen LogP contribution in [0.2, 0.25) is 0 Å². The van der Waals surface area contributed by atoms with Crippen molar-refractivity contribution in [1.82, 2.24) is 19.9 Å². The molecule has 0 spiro atoms.